The monoisotopic (exact) mass is 300 g/mol. The highest BCUT2D eigenvalue weighted by Crippen LogP contribution is 2.39. The zero-order valence-electron chi connectivity index (χ0n) is 12.5. The van der Waals surface area contributed by atoms with E-state index in [0.717, 1.165) is 19.3 Å². The number of nitrogens with zero attached hydrogens (tertiary/aromatic N) is 3. The van der Waals surface area contributed by atoms with Gasteiger partial charge in [-0.05, 0) is 31.6 Å². The van der Waals surface area contributed by atoms with Crippen molar-refractivity contribution in [1.29, 1.82) is 0 Å². The Hall–Kier alpha value is -1.08. The lowest BCUT2D eigenvalue weighted by molar-refractivity contribution is 0.279. The maximum atomic E-state index is 12.7. The van der Waals surface area contributed by atoms with Gasteiger partial charge >= 0.3 is 0 Å². The standard InChI is InChI=1S/C13H24N4O2S/c1-4-13(5-2)7-8-17(10-13)20(18,19)11-9-16(6-3)15-12(11)14/h9H,4-8,10H2,1-3H3,(H2,14,15). The molecule has 114 valence electrons. The molecule has 0 spiro atoms. The van der Waals surface area contributed by atoms with Gasteiger partial charge in [0, 0.05) is 25.8 Å². The summed E-state index contributed by atoms with van der Waals surface area (Å²) < 4.78 is 28.5. The van der Waals surface area contributed by atoms with Crippen LogP contribution in [0.3, 0.4) is 0 Å². The van der Waals surface area contributed by atoms with E-state index in [1.807, 2.05) is 6.92 Å². The first kappa shape index (κ1) is 15.3. The van der Waals surface area contributed by atoms with Crippen LogP contribution in [-0.2, 0) is 16.6 Å². The lowest BCUT2D eigenvalue weighted by Gasteiger charge is -2.26. The van der Waals surface area contributed by atoms with Crippen molar-refractivity contribution in [2.75, 3.05) is 18.8 Å². The molecule has 1 saturated heterocycles. The molecule has 0 bridgehead atoms. The van der Waals surface area contributed by atoms with Gasteiger partial charge in [-0.2, -0.15) is 9.40 Å². The largest absolute Gasteiger partial charge is 0.381 e. The molecule has 1 fully saturated rings. The zero-order valence-corrected chi connectivity index (χ0v) is 13.3. The van der Waals surface area contributed by atoms with Crippen LogP contribution < -0.4 is 5.73 Å². The molecule has 2 N–H and O–H groups in total. The van der Waals surface area contributed by atoms with E-state index in [1.165, 1.54) is 6.20 Å². The summed E-state index contributed by atoms with van der Waals surface area (Å²) in [6.07, 6.45) is 4.45. The van der Waals surface area contributed by atoms with Crippen LogP contribution >= 0.6 is 0 Å². The summed E-state index contributed by atoms with van der Waals surface area (Å²) in [5.41, 5.74) is 5.88. The molecule has 0 amide bonds. The number of aromatic nitrogens is 2. The zero-order chi connectivity index (χ0) is 15.0. The molecule has 0 saturated carbocycles. The molecule has 7 heteroatoms. The fourth-order valence-electron chi connectivity index (χ4n) is 2.84. The minimum atomic E-state index is -3.52. The number of rotatable bonds is 5. The molecule has 1 aliphatic heterocycles. The second-order valence-corrected chi connectivity index (χ2v) is 7.44. The smallest absolute Gasteiger partial charge is 0.248 e. The molecule has 0 radical (unpaired) electrons. The van der Waals surface area contributed by atoms with Gasteiger partial charge in [0.2, 0.25) is 10.0 Å². The van der Waals surface area contributed by atoms with Crippen molar-refractivity contribution in [1.82, 2.24) is 14.1 Å². The number of sulfonamides is 1. The molecule has 1 aromatic rings. The highest BCUT2D eigenvalue weighted by molar-refractivity contribution is 7.89. The molecule has 1 aliphatic rings. The van der Waals surface area contributed by atoms with Crippen molar-refractivity contribution >= 4 is 15.8 Å². The fraction of sp³-hybridized carbons (Fsp3) is 0.769. The molecule has 2 heterocycles. The quantitative estimate of drug-likeness (QED) is 0.897. The molecule has 0 aliphatic carbocycles. The van der Waals surface area contributed by atoms with Crippen molar-refractivity contribution in [3.8, 4) is 0 Å². The van der Waals surface area contributed by atoms with Gasteiger partial charge in [0.1, 0.15) is 4.90 Å². The summed E-state index contributed by atoms with van der Waals surface area (Å²) in [4.78, 5) is 0.141. The van der Waals surface area contributed by atoms with Gasteiger partial charge < -0.3 is 5.73 Å². The molecular weight excluding hydrogens is 276 g/mol. The van der Waals surface area contributed by atoms with Gasteiger partial charge in [-0.3, -0.25) is 4.68 Å². The molecular formula is C13H24N4O2S. The van der Waals surface area contributed by atoms with Crippen LogP contribution in [0.25, 0.3) is 0 Å². The lowest BCUT2D eigenvalue weighted by atomic mass is 9.82. The molecule has 2 rings (SSSR count). The van der Waals surface area contributed by atoms with E-state index in [1.54, 1.807) is 8.99 Å². The van der Waals surface area contributed by atoms with E-state index >= 15 is 0 Å². The van der Waals surface area contributed by atoms with Crippen LogP contribution in [-0.4, -0.2) is 35.6 Å². The van der Waals surface area contributed by atoms with Crippen molar-refractivity contribution < 1.29 is 8.42 Å². The van der Waals surface area contributed by atoms with E-state index in [0.29, 0.717) is 19.6 Å². The number of aryl methyl sites for hydroxylation is 1. The molecule has 0 atom stereocenters. The fourth-order valence-corrected chi connectivity index (χ4v) is 4.46. The molecule has 0 unspecified atom stereocenters. The minimum absolute atomic E-state index is 0.0948. The van der Waals surface area contributed by atoms with Crippen molar-refractivity contribution in [3.05, 3.63) is 6.20 Å². The first-order valence-electron chi connectivity index (χ1n) is 7.21. The number of hydrogen-bond acceptors (Lipinski definition) is 4. The molecule has 1 aromatic heterocycles. The summed E-state index contributed by atoms with van der Waals surface area (Å²) in [5.74, 6) is 0.0948. The third kappa shape index (κ3) is 2.44. The van der Waals surface area contributed by atoms with Crippen LogP contribution in [0.5, 0.6) is 0 Å². The Labute approximate surface area is 121 Å². The highest BCUT2D eigenvalue weighted by atomic mass is 32.2. The first-order valence-corrected chi connectivity index (χ1v) is 8.65. The van der Waals surface area contributed by atoms with Crippen LogP contribution in [0.2, 0.25) is 0 Å². The second-order valence-electron chi connectivity index (χ2n) is 5.53. The summed E-state index contributed by atoms with van der Waals surface area (Å²) >= 11 is 0. The Morgan fingerprint density at radius 2 is 2.00 bits per heavy atom. The van der Waals surface area contributed by atoms with E-state index in [4.69, 9.17) is 5.73 Å². The topological polar surface area (TPSA) is 81.2 Å². The Bertz CT molecular complexity index is 575. The van der Waals surface area contributed by atoms with Crippen molar-refractivity contribution in [3.63, 3.8) is 0 Å². The number of nitrogens with two attached hydrogens (primary N) is 1. The minimum Gasteiger partial charge on any atom is -0.381 e. The average molecular weight is 300 g/mol. The number of anilines is 1. The number of nitrogen functional groups attached to an aromatic ring is 1. The maximum absolute atomic E-state index is 12.7. The SMILES string of the molecule is CCn1cc(S(=O)(=O)N2CCC(CC)(CC)C2)c(N)n1. The summed E-state index contributed by atoms with van der Waals surface area (Å²) in [6.45, 7) is 7.91. The second kappa shape index (κ2) is 5.37. The van der Waals surface area contributed by atoms with E-state index in [9.17, 15) is 8.42 Å². The normalized spacial score (nSPS) is 19.6. The summed E-state index contributed by atoms with van der Waals surface area (Å²) in [7, 11) is -3.52. The molecule has 6 nitrogen and oxygen atoms in total. The van der Waals surface area contributed by atoms with Crippen LogP contribution in [0.1, 0.15) is 40.0 Å². The Kier molecular flexibility index (Phi) is 4.11. The lowest BCUT2D eigenvalue weighted by Crippen LogP contribution is -2.32. The van der Waals surface area contributed by atoms with Gasteiger partial charge in [0.15, 0.2) is 5.82 Å². The Morgan fingerprint density at radius 3 is 2.45 bits per heavy atom. The van der Waals surface area contributed by atoms with E-state index in [2.05, 4.69) is 18.9 Å². The van der Waals surface area contributed by atoms with Gasteiger partial charge in [-0.25, -0.2) is 8.42 Å². The van der Waals surface area contributed by atoms with Crippen LogP contribution in [0, 0.1) is 5.41 Å². The van der Waals surface area contributed by atoms with Crippen molar-refractivity contribution in [2.24, 2.45) is 5.41 Å². The first-order chi connectivity index (χ1) is 9.38. The van der Waals surface area contributed by atoms with Crippen molar-refractivity contribution in [2.45, 2.75) is 51.5 Å². The predicted octanol–water partition coefficient (Wildman–Crippen LogP) is 1.69. The Morgan fingerprint density at radius 1 is 1.35 bits per heavy atom. The number of hydrogen-bond donors (Lipinski definition) is 1. The van der Waals surface area contributed by atoms with Gasteiger partial charge in [0.05, 0.1) is 0 Å². The summed E-state index contributed by atoms with van der Waals surface area (Å²) in [6, 6.07) is 0. The third-order valence-electron chi connectivity index (χ3n) is 4.60. The predicted molar refractivity (Wildman–Crippen MR) is 78.7 cm³/mol. The molecule has 0 aromatic carbocycles. The van der Waals surface area contributed by atoms with E-state index < -0.39 is 10.0 Å². The summed E-state index contributed by atoms with van der Waals surface area (Å²) in [5, 5.41) is 4.03. The third-order valence-corrected chi connectivity index (χ3v) is 6.46. The van der Waals surface area contributed by atoms with Gasteiger partial charge in [0.25, 0.3) is 0 Å². The van der Waals surface area contributed by atoms with Crippen LogP contribution in [0.4, 0.5) is 5.82 Å². The Balaban J connectivity index is 2.30. The molecule has 20 heavy (non-hydrogen) atoms. The van der Waals surface area contributed by atoms with Gasteiger partial charge in [-0.15, -0.1) is 0 Å². The van der Waals surface area contributed by atoms with Gasteiger partial charge in [-0.1, -0.05) is 13.8 Å². The van der Waals surface area contributed by atoms with Crippen LogP contribution in [0.15, 0.2) is 11.1 Å². The highest BCUT2D eigenvalue weighted by Gasteiger charge is 2.41. The maximum Gasteiger partial charge on any atom is 0.248 e. The van der Waals surface area contributed by atoms with E-state index in [-0.39, 0.29) is 16.1 Å². The average Bonchev–Trinajstić information content (AvgIpc) is 3.03.